The molecule has 1 amide bonds. The molecule has 35 heavy (non-hydrogen) atoms. The summed E-state index contributed by atoms with van der Waals surface area (Å²) in [5, 5.41) is 11.1. The number of pyridine rings is 1. The van der Waals surface area contributed by atoms with Gasteiger partial charge in [0.05, 0.1) is 18.5 Å². The number of hydrogen-bond donors (Lipinski definition) is 4. The fourth-order valence-electron chi connectivity index (χ4n) is 3.83. The fourth-order valence-corrected chi connectivity index (χ4v) is 3.83. The van der Waals surface area contributed by atoms with E-state index in [2.05, 4.69) is 19.2 Å². The number of carbonyl (C=O) groups excluding carboxylic acids is 2. The zero-order chi connectivity index (χ0) is 24.7. The summed E-state index contributed by atoms with van der Waals surface area (Å²) in [6.45, 7) is 8.43. The molecule has 0 aliphatic heterocycles. The van der Waals surface area contributed by atoms with Crippen LogP contribution in [0.5, 0.6) is 0 Å². The van der Waals surface area contributed by atoms with Gasteiger partial charge in [-0.25, -0.2) is 0 Å². The van der Waals surface area contributed by atoms with Gasteiger partial charge in [-0.2, -0.15) is 0 Å². The molecule has 10 heteroatoms. The Morgan fingerprint density at radius 3 is 2.17 bits per heavy atom. The monoisotopic (exact) mass is 525 g/mol. The van der Waals surface area contributed by atoms with Gasteiger partial charge in [0.15, 0.2) is 0 Å². The number of aromatic nitrogens is 1. The number of nitrogens with zero attached hydrogens (tertiary/aromatic N) is 1. The standard InChI is InChI=1S/C25H35N5O3.2ClH/c1-6-18(25(32)33-5)22(28)24(31)30-23-15(4)29-20(11-14(2)3)19(13-27)21(23)17-9-7-16(12-26)8-10-17;;/h7-10,14,18,28H,6,11-13,26-27H2,1-5H3,(H,30,31);2*1H. The Hall–Kier alpha value is -2.52. The molecular weight excluding hydrogens is 489 g/mol. The number of methoxy groups -OCH3 is 1. The molecule has 6 N–H and O–H groups in total. The second kappa shape index (κ2) is 14.8. The molecule has 1 heterocycles. The first-order chi connectivity index (χ1) is 15.7. The van der Waals surface area contributed by atoms with E-state index in [1.54, 1.807) is 6.92 Å². The van der Waals surface area contributed by atoms with Crippen molar-refractivity contribution in [2.75, 3.05) is 12.4 Å². The minimum atomic E-state index is -0.940. The Kier molecular flexibility index (Phi) is 13.7. The Morgan fingerprint density at radius 1 is 1.11 bits per heavy atom. The van der Waals surface area contributed by atoms with E-state index in [-0.39, 0.29) is 43.5 Å². The van der Waals surface area contributed by atoms with E-state index in [0.717, 1.165) is 34.4 Å². The number of amides is 1. The molecule has 0 bridgehead atoms. The highest BCUT2D eigenvalue weighted by atomic mass is 35.5. The summed E-state index contributed by atoms with van der Waals surface area (Å²) in [7, 11) is 1.24. The molecule has 0 aliphatic carbocycles. The molecule has 0 spiro atoms. The maximum absolute atomic E-state index is 13.0. The van der Waals surface area contributed by atoms with Crippen LogP contribution in [0.2, 0.25) is 0 Å². The summed E-state index contributed by atoms with van der Waals surface area (Å²) in [5.74, 6) is -1.85. The lowest BCUT2D eigenvalue weighted by Crippen LogP contribution is -2.34. The number of aryl methyl sites for hydroxylation is 1. The predicted octanol–water partition coefficient (Wildman–Crippen LogP) is 4.17. The first-order valence-electron chi connectivity index (χ1n) is 11.2. The van der Waals surface area contributed by atoms with Crippen molar-refractivity contribution in [2.24, 2.45) is 23.3 Å². The predicted molar refractivity (Wildman–Crippen MR) is 145 cm³/mol. The maximum Gasteiger partial charge on any atom is 0.314 e. The Labute approximate surface area is 219 Å². The van der Waals surface area contributed by atoms with Gasteiger partial charge in [-0.05, 0) is 42.4 Å². The van der Waals surface area contributed by atoms with Gasteiger partial charge in [0.1, 0.15) is 11.6 Å². The van der Waals surface area contributed by atoms with Crippen molar-refractivity contribution in [1.82, 2.24) is 4.98 Å². The molecule has 0 saturated carbocycles. The van der Waals surface area contributed by atoms with E-state index < -0.39 is 17.8 Å². The number of esters is 1. The number of rotatable bonds is 10. The number of halogens is 2. The van der Waals surface area contributed by atoms with Gasteiger partial charge < -0.3 is 21.5 Å². The van der Waals surface area contributed by atoms with Crippen LogP contribution in [0.25, 0.3) is 11.1 Å². The third kappa shape index (κ3) is 7.73. The van der Waals surface area contributed by atoms with Crippen LogP contribution in [0.4, 0.5) is 5.69 Å². The summed E-state index contributed by atoms with van der Waals surface area (Å²) >= 11 is 0. The molecule has 1 aromatic heterocycles. The number of anilines is 1. The molecule has 0 radical (unpaired) electrons. The van der Waals surface area contributed by atoms with Gasteiger partial charge in [-0.3, -0.25) is 20.0 Å². The minimum absolute atomic E-state index is 0. The molecule has 2 aromatic rings. The molecule has 0 saturated heterocycles. The van der Waals surface area contributed by atoms with Crippen molar-refractivity contribution in [3.63, 3.8) is 0 Å². The average molecular weight is 527 g/mol. The smallest absolute Gasteiger partial charge is 0.314 e. The maximum atomic E-state index is 13.0. The molecule has 1 unspecified atom stereocenters. The molecule has 8 nitrogen and oxygen atoms in total. The SMILES string of the molecule is CCC(C(=N)C(=O)Nc1c(C)nc(CC(C)C)c(CN)c1-c1ccc(CN)cc1)C(=O)OC.Cl.Cl. The van der Waals surface area contributed by atoms with Crippen LogP contribution in [-0.2, 0) is 33.8 Å². The minimum Gasteiger partial charge on any atom is -0.469 e. The lowest BCUT2D eigenvalue weighted by Gasteiger charge is -2.22. The number of nitrogens with two attached hydrogens (primary N) is 2. The van der Waals surface area contributed by atoms with E-state index in [1.165, 1.54) is 7.11 Å². The zero-order valence-corrected chi connectivity index (χ0v) is 22.6. The van der Waals surface area contributed by atoms with Gasteiger partial charge in [0.25, 0.3) is 5.91 Å². The molecular formula is C25H37Cl2N5O3. The normalized spacial score (nSPS) is 11.2. The van der Waals surface area contributed by atoms with Crippen LogP contribution >= 0.6 is 24.8 Å². The summed E-state index contributed by atoms with van der Waals surface area (Å²) in [4.78, 5) is 29.8. The first kappa shape index (κ1) is 32.5. The van der Waals surface area contributed by atoms with Crippen LogP contribution in [0, 0.1) is 24.2 Å². The summed E-state index contributed by atoms with van der Waals surface area (Å²) in [6, 6.07) is 7.76. The van der Waals surface area contributed by atoms with Crippen LogP contribution in [-0.4, -0.2) is 29.7 Å². The number of ether oxygens (including phenoxy) is 1. The van der Waals surface area contributed by atoms with Crippen molar-refractivity contribution in [3.8, 4) is 11.1 Å². The topological polar surface area (TPSA) is 144 Å². The summed E-state index contributed by atoms with van der Waals surface area (Å²) in [5.41, 5.74) is 17.0. The van der Waals surface area contributed by atoms with Gasteiger partial charge in [-0.1, -0.05) is 45.0 Å². The van der Waals surface area contributed by atoms with Gasteiger partial charge in [0, 0.05) is 24.3 Å². The summed E-state index contributed by atoms with van der Waals surface area (Å²) in [6.07, 6.45) is 1.02. The van der Waals surface area contributed by atoms with E-state index in [1.807, 2.05) is 31.2 Å². The highest BCUT2D eigenvalue weighted by molar-refractivity contribution is 6.45. The van der Waals surface area contributed by atoms with Crippen molar-refractivity contribution in [3.05, 3.63) is 46.8 Å². The zero-order valence-electron chi connectivity index (χ0n) is 20.9. The van der Waals surface area contributed by atoms with E-state index in [9.17, 15) is 9.59 Å². The second-order valence-electron chi connectivity index (χ2n) is 8.43. The summed E-state index contributed by atoms with van der Waals surface area (Å²) < 4.78 is 4.75. The third-order valence-corrected chi connectivity index (χ3v) is 5.57. The number of carbonyl (C=O) groups is 2. The van der Waals surface area contributed by atoms with E-state index >= 15 is 0 Å². The van der Waals surface area contributed by atoms with Crippen molar-refractivity contribution >= 4 is 48.1 Å². The first-order valence-corrected chi connectivity index (χ1v) is 11.2. The fraction of sp³-hybridized carbons (Fsp3) is 0.440. The lowest BCUT2D eigenvalue weighted by atomic mass is 9.92. The second-order valence-corrected chi connectivity index (χ2v) is 8.43. The van der Waals surface area contributed by atoms with Crippen molar-refractivity contribution < 1.29 is 14.3 Å². The molecule has 0 fully saturated rings. The third-order valence-electron chi connectivity index (χ3n) is 5.57. The van der Waals surface area contributed by atoms with Crippen molar-refractivity contribution in [1.29, 1.82) is 5.41 Å². The number of benzene rings is 1. The number of nitrogens with one attached hydrogen (secondary N) is 2. The van der Waals surface area contributed by atoms with Crippen LogP contribution in [0.1, 0.15) is 49.7 Å². The molecule has 0 aliphatic rings. The quantitative estimate of drug-likeness (QED) is 0.270. The van der Waals surface area contributed by atoms with E-state index in [0.29, 0.717) is 23.8 Å². The Morgan fingerprint density at radius 2 is 1.71 bits per heavy atom. The van der Waals surface area contributed by atoms with Crippen molar-refractivity contribution in [2.45, 2.75) is 53.6 Å². The van der Waals surface area contributed by atoms with Gasteiger partial charge >= 0.3 is 5.97 Å². The van der Waals surface area contributed by atoms with Gasteiger partial charge in [-0.15, -0.1) is 24.8 Å². The molecule has 1 atom stereocenters. The lowest BCUT2D eigenvalue weighted by molar-refractivity contribution is -0.143. The number of hydrogen-bond acceptors (Lipinski definition) is 7. The average Bonchev–Trinajstić information content (AvgIpc) is 2.80. The highest BCUT2D eigenvalue weighted by Crippen LogP contribution is 2.36. The Bertz CT molecular complexity index is 1030. The van der Waals surface area contributed by atoms with Gasteiger partial charge in [0.2, 0.25) is 0 Å². The van der Waals surface area contributed by atoms with E-state index in [4.69, 9.17) is 26.6 Å². The van der Waals surface area contributed by atoms with Crippen LogP contribution < -0.4 is 16.8 Å². The Balaban J connectivity index is 0.00000578. The molecule has 194 valence electrons. The van der Waals surface area contributed by atoms with Crippen LogP contribution in [0.15, 0.2) is 24.3 Å². The van der Waals surface area contributed by atoms with Crippen LogP contribution in [0.3, 0.4) is 0 Å². The largest absolute Gasteiger partial charge is 0.469 e. The molecule has 1 aromatic carbocycles. The highest BCUT2D eigenvalue weighted by Gasteiger charge is 2.29. The molecule has 2 rings (SSSR count).